The number of carbonyl (C=O) groups excluding carboxylic acids is 2. The molecule has 3 N–H and O–H groups in total. The fourth-order valence-corrected chi connectivity index (χ4v) is 1.55. The Morgan fingerprint density at radius 2 is 2.14 bits per heavy atom. The highest BCUT2D eigenvalue weighted by molar-refractivity contribution is 5.95. The number of nitrogens with one attached hydrogen (secondary N) is 2. The Kier molecular flexibility index (Phi) is 6.69. The van der Waals surface area contributed by atoms with Gasteiger partial charge in [0.15, 0.2) is 0 Å². The molecule has 0 unspecified atom stereocenters. The summed E-state index contributed by atoms with van der Waals surface area (Å²) in [7, 11) is 0. The number of rotatable bonds is 8. The molecule has 0 bridgehead atoms. The lowest BCUT2D eigenvalue weighted by Gasteiger charge is -2.17. The number of aliphatic carboxylic acids is 1. The Hall–Kier alpha value is -2.61. The van der Waals surface area contributed by atoms with Crippen molar-refractivity contribution in [2.75, 3.05) is 19.6 Å². The number of hydrogen-bond donors (Lipinski definition) is 3. The lowest BCUT2D eigenvalue weighted by atomic mass is 10.4. The average Bonchev–Trinajstić information content (AvgIpc) is 2.88. The monoisotopic (exact) mass is 295 g/mol. The maximum absolute atomic E-state index is 11.6. The highest BCUT2D eigenvalue weighted by atomic mass is 16.4. The molecular formula is C13H17N3O5. The van der Waals surface area contributed by atoms with E-state index in [1.165, 1.54) is 17.2 Å². The van der Waals surface area contributed by atoms with Gasteiger partial charge in [0.1, 0.15) is 5.76 Å². The molecule has 0 saturated carbocycles. The Morgan fingerprint density at radius 3 is 2.71 bits per heavy atom. The SMILES string of the molecule is C=CCN(CC(=O)O)CC(=O)NC(=O)NCc1ccco1. The number of nitrogens with zero attached hydrogens (tertiary/aromatic N) is 1. The summed E-state index contributed by atoms with van der Waals surface area (Å²) in [4.78, 5) is 35.1. The van der Waals surface area contributed by atoms with Crippen LogP contribution in [-0.4, -0.2) is 47.5 Å². The van der Waals surface area contributed by atoms with Crippen LogP contribution in [0.3, 0.4) is 0 Å². The van der Waals surface area contributed by atoms with Crippen LogP contribution in [0.4, 0.5) is 4.79 Å². The second kappa shape index (κ2) is 8.54. The molecule has 0 saturated heterocycles. The van der Waals surface area contributed by atoms with E-state index in [4.69, 9.17) is 9.52 Å². The van der Waals surface area contributed by atoms with Gasteiger partial charge >= 0.3 is 12.0 Å². The zero-order valence-corrected chi connectivity index (χ0v) is 11.4. The predicted octanol–water partition coefficient (Wildman–Crippen LogP) is 0.178. The van der Waals surface area contributed by atoms with Crippen LogP contribution in [0.5, 0.6) is 0 Å². The minimum atomic E-state index is -1.06. The zero-order chi connectivity index (χ0) is 15.7. The first-order valence-corrected chi connectivity index (χ1v) is 6.16. The summed E-state index contributed by atoms with van der Waals surface area (Å²) in [6.45, 7) is 3.33. The van der Waals surface area contributed by atoms with E-state index in [-0.39, 0.29) is 26.2 Å². The number of carbonyl (C=O) groups is 3. The summed E-state index contributed by atoms with van der Waals surface area (Å²) >= 11 is 0. The number of imide groups is 1. The van der Waals surface area contributed by atoms with Gasteiger partial charge < -0.3 is 14.8 Å². The van der Waals surface area contributed by atoms with Gasteiger partial charge in [-0.2, -0.15) is 0 Å². The van der Waals surface area contributed by atoms with E-state index in [1.54, 1.807) is 12.1 Å². The molecule has 0 aliphatic carbocycles. The van der Waals surface area contributed by atoms with Crippen LogP contribution >= 0.6 is 0 Å². The van der Waals surface area contributed by atoms with Crippen LogP contribution in [-0.2, 0) is 16.1 Å². The van der Waals surface area contributed by atoms with Crippen molar-refractivity contribution in [3.05, 3.63) is 36.8 Å². The van der Waals surface area contributed by atoms with Gasteiger partial charge in [-0.05, 0) is 12.1 Å². The summed E-state index contributed by atoms with van der Waals surface area (Å²) in [5.41, 5.74) is 0. The van der Waals surface area contributed by atoms with Crippen molar-refractivity contribution in [1.82, 2.24) is 15.5 Å². The van der Waals surface area contributed by atoms with Gasteiger partial charge in [-0.3, -0.25) is 19.8 Å². The largest absolute Gasteiger partial charge is 0.480 e. The Labute approximate surface area is 121 Å². The first-order valence-electron chi connectivity index (χ1n) is 6.16. The predicted molar refractivity (Wildman–Crippen MR) is 73.4 cm³/mol. The van der Waals surface area contributed by atoms with E-state index < -0.39 is 17.9 Å². The summed E-state index contributed by atoms with van der Waals surface area (Å²) in [5, 5.41) is 13.2. The molecule has 114 valence electrons. The van der Waals surface area contributed by atoms with Crippen LogP contribution in [0.25, 0.3) is 0 Å². The molecule has 1 rings (SSSR count). The van der Waals surface area contributed by atoms with Crippen molar-refractivity contribution in [2.45, 2.75) is 6.54 Å². The van der Waals surface area contributed by atoms with E-state index in [0.29, 0.717) is 5.76 Å². The molecule has 0 fully saturated rings. The first-order chi connectivity index (χ1) is 10.0. The first kappa shape index (κ1) is 16.4. The standard InChI is InChI=1S/C13H17N3O5/c1-2-5-16(9-12(18)19)8-11(17)15-13(20)14-7-10-4-3-6-21-10/h2-4,6H,1,5,7-9H2,(H,18,19)(H2,14,15,17,20). The second-order valence-corrected chi connectivity index (χ2v) is 4.16. The molecule has 8 heteroatoms. The van der Waals surface area contributed by atoms with E-state index in [0.717, 1.165) is 0 Å². The van der Waals surface area contributed by atoms with E-state index in [1.807, 2.05) is 0 Å². The molecule has 0 aromatic carbocycles. The van der Waals surface area contributed by atoms with Crippen LogP contribution in [0.15, 0.2) is 35.5 Å². The van der Waals surface area contributed by atoms with Crippen molar-refractivity contribution in [3.63, 3.8) is 0 Å². The van der Waals surface area contributed by atoms with E-state index in [2.05, 4.69) is 17.2 Å². The third-order valence-corrected chi connectivity index (χ3v) is 2.37. The molecule has 1 aromatic heterocycles. The Balaban J connectivity index is 2.34. The fraction of sp³-hybridized carbons (Fsp3) is 0.308. The van der Waals surface area contributed by atoms with Gasteiger partial charge in [-0.15, -0.1) is 6.58 Å². The topological polar surface area (TPSA) is 112 Å². The maximum Gasteiger partial charge on any atom is 0.321 e. The molecule has 8 nitrogen and oxygen atoms in total. The van der Waals surface area contributed by atoms with E-state index in [9.17, 15) is 14.4 Å². The average molecular weight is 295 g/mol. The molecule has 21 heavy (non-hydrogen) atoms. The minimum absolute atomic E-state index is 0.150. The summed E-state index contributed by atoms with van der Waals surface area (Å²) in [5.74, 6) is -1.11. The highest BCUT2D eigenvalue weighted by Gasteiger charge is 2.14. The summed E-state index contributed by atoms with van der Waals surface area (Å²) < 4.78 is 5.02. The van der Waals surface area contributed by atoms with E-state index >= 15 is 0 Å². The fourth-order valence-electron chi connectivity index (χ4n) is 1.55. The summed E-state index contributed by atoms with van der Waals surface area (Å²) in [6, 6.07) is 2.69. The second-order valence-electron chi connectivity index (χ2n) is 4.16. The molecule has 0 aliphatic heterocycles. The number of urea groups is 1. The molecule has 1 aromatic rings. The van der Waals surface area contributed by atoms with Gasteiger partial charge in [-0.25, -0.2) is 4.79 Å². The Morgan fingerprint density at radius 1 is 1.38 bits per heavy atom. The Bertz CT molecular complexity index is 498. The molecule has 1 heterocycles. The maximum atomic E-state index is 11.6. The van der Waals surface area contributed by atoms with Gasteiger partial charge in [-0.1, -0.05) is 6.08 Å². The van der Waals surface area contributed by atoms with Crippen LogP contribution in [0.1, 0.15) is 5.76 Å². The van der Waals surface area contributed by atoms with Gasteiger partial charge in [0.05, 0.1) is 25.9 Å². The molecular weight excluding hydrogens is 278 g/mol. The van der Waals surface area contributed by atoms with Gasteiger partial charge in [0.25, 0.3) is 0 Å². The van der Waals surface area contributed by atoms with Crippen molar-refractivity contribution in [1.29, 1.82) is 0 Å². The quantitative estimate of drug-likeness (QED) is 0.590. The van der Waals surface area contributed by atoms with Crippen LogP contribution < -0.4 is 10.6 Å². The summed E-state index contributed by atoms with van der Waals surface area (Å²) in [6.07, 6.45) is 2.95. The highest BCUT2D eigenvalue weighted by Crippen LogP contribution is 1.98. The van der Waals surface area contributed by atoms with Crippen molar-refractivity contribution >= 4 is 17.9 Å². The number of furan rings is 1. The molecule has 0 atom stereocenters. The number of carboxylic acids is 1. The number of carboxylic acid groups (broad SMARTS) is 1. The zero-order valence-electron chi connectivity index (χ0n) is 11.4. The number of amides is 3. The van der Waals surface area contributed by atoms with Crippen LogP contribution in [0.2, 0.25) is 0 Å². The lowest BCUT2D eigenvalue weighted by molar-refractivity contribution is -0.138. The molecule has 0 aliphatic rings. The van der Waals surface area contributed by atoms with Crippen LogP contribution in [0, 0.1) is 0 Å². The van der Waals surface area contributed by atoms with Crippen molar-refractivity contribution in [2.24, 2.45) is 0 Å². The number of hydrogen-bond acceptors (Lipinski definition) is 5. The minimum Gasteiger partial charge on any atom is -0.480 e. The lowest BCUT2D eigenvalue weighted by Crippen LogP contribution is -2.45. The molecule has 0 spiro atoms. The van der Waals surface area contributed by atoms with Gasteiger partial charge in [0, 0.05) is 6.54 Å². The molecule has 3 amide bonds. The third kappa shape index (κ3) is 6.92. The smallest absolute Gasteiger partial charge is 0.321 e. The van der Waals surface area contributed by atoms with Gasteiger partial charge in [0.2, 0.25) is 5.91 Å². The van der Waals surface area contributed by atoms with Crippen molar-refractivity contribution < 1.29 is 23.9 Å². The third-order valence-electron chi connectivity index (χ3n) is 2.37. The normalized spacial score (nSPS) is 10.1. The van der Waals surface area contributed by atoms with Crippen molar-refractivity contribution in [3.8, 4) is 0 Å². The molecule has 0 radical (unpaired) electrons.